The third-order valence-electron chi connectivity index (χ3n) is 3.65. The third kappa shape index (κ3) is 5.68. The normalized spacial score (nSPS) is 10.6. The second-order valence-corrected chi connectivity index (χ2v) is 6.87. The SMILES string of the molecule is CCOC(=O)c1csc(CN(C(=O)Nc2ccccc2OCC)C(C)C)n1. The zero-order chi connectivity index (χ0) is 19.8. The molecule has 2 amide bonds. The van der Waals surface area contributed by atoms with Gasteiger partial charge in [-0.05, 0) is 39.8 Å². The topological polar surface area (TPSA) is 80.8 Å². The summed E-state index contributed by atoms with van der Waals surface area (Å²) in [7, 11) is 0. The second kappa shape index (κ2) is 9.91. The van der Waals surface area contributed by atoms with Crippen molar-refractivity contribution in [3.05, 3.63) is 40.3 Å². The van der Waals surface area contributed by atoms with Crippen LogP contribution in [0.15, 0.2) is 29.6 Å². The Morgan fingerprint density at radius 3 is 2.63 bits per heavy atom. The van der Waals surface area contributed by atoms with Crippen molar-refractivity contribution < 1.29 is 19.1 Å². The van der Waals surface area contributed by atoms with Crippen molar-refractivity contribution in [2.45, 2.75) is 40.3 Å². The van der Waals surface area contributed by atoms with Crippen LogP contribution in [-0.2, 0) is 11.3 Å². The first-order valence-electron chi connectivity index (χ1n) is 8.87. The number of thiazole rings is 1. The number of amides is 2. The van der Waals surface area contributed by atoms with Crippen LogP contribution in [0.5, 0.6) is 5.75 Å². The molecule has 0 fully saturated rings. The van der Waals surface area contributed by atoms with E-state index in [4.69, 9.17) is 9.47 Å². The van der Waals surface area contributed by atoms with E-state index in [2.05, 4.69) is 10.3 Å². The number of benzene rings is 1. The van der Waals surface area contributed by atoms with E-state index in [9.17, 15) is 9.59 Å². The van der Waals surface area contributed by atoms with E-state index in [1.54, 1.807) is 23.3 Å². The molecule has 0 aliphatic carbocycles. The molecular weight excluding hydrogens is 366 g/mol. The van der Waals surface area contributed by atoms with E-state index in [0.29, 0.717) is 36.2 Å². The van der Waals surface area contributed by atoms with Crippen LogP contribution in [0.4, 0.5) is 10.5 Å². The maximum atomic E-state index is 12.8. The molecule has 0 aliphatic rings. The van der Waals surface area contributed by atoms with Crippen LogP contribution in [-0.4, -0.2) is 41.1 Å². The van der Waals surface area contributed by atoms with Gasteiger partial charge in [-0.15, -0.1) is 11.3 Å². The summed E-state index contributed by atoms with van der Waals surface area (Å²) < 4.78 is 10.5. The van der Waals surface area contributed by atoms with E-state index >= 15 is 0 Å². The van der Waals surface area contributed by atoms with Gasteiger partial charge in [0.1, 0.15) is 10.8 Å². The fraction of sp³-hybridized carbons (Fsp3) is 0.421. The molecule has 0 atom stereocenters. The Bertz CT molecular complexity index is 776. The predicted octanol–water partition coefficient (Wildman–Crippen LogP) is 4.16. The highest BCUT2D eigenvalue weighted by Gasteiger charge is 2.21. The van der Waals surface area contributed by atoms with Crippen molar-refractivity contribution >= 4 is 29.0 Å². The largest absolute Gasteiger partial charge is 0.492 e. The molecule has 1 heterocycles. The van der Waals surface area contributed by atoms with E-state index < -0.39 is 5.97 Å². The molecule has 0 saturated heterocycles. The monoisotopic (exact) mass is 391 g/mol. The molecule has 146 valence electrons. The van der Waals surface area contributed by atoms with Crippen molar-refractivity contribution in [2.75, 3.05) is 18.5 Å². The van der Waals surface area contributed by atoms with E-state index in [0.717, 1.165) is 0 Å². The van der Waals surface area contributed by atoms with Gasteiger partial charge >= 0.3 is 12.0 Å². The van der Waals surface area contributed by atoms with Gasteiger partial charge in [-0.3, -0.25) is 0 Å². The lowest BCUT2D eigenvalue weighted by Crippen LogP contribution is -2.39. The van der Waals surface area contributed by atoms with Gasteiger partial charge in [0, 0.05) is 11.4 Å². The van der Waals surface area contributed by atoms with Crippen LogP contribution in [0.3, 0.4) is 0 Å². The highest BCUT2D eigenvalue weighted by atomic mass is 32.1. The number of anilines is 1. The number of esters is 1. The number of rotatable bonds is 8. The Hall–Kier alpha value is -2.61. The Balaban J connectivity index is 2.11. The molecule has 0 radical (unpaired) electrons. The highest BCUT2D eigenvalue weighted by molar-refractivity contribution is 7.09. The first-order valence-corrected chi connectivity index (χ1v) is 9.75. The molecule has 0 unspecified atom stereocenters. The molecule has 2 aromatic rings. The van der Waals surface area contributed by atoms with Gasteiger partial charge in [0.15, 0.2) is 5.69 Å². The summed E-state index contributed by atoms with van der Waals surface area (Å²) >= 11 is 1.33. The van der Waals surface area contributed by atoms with Crippen molar-refractivity contribution in [1.82, 2.24) is 9.88 Å². The van der Waals surface area contributed by atoms with Crippen LogP contribution >= 0.6 is 11.3 Å². The van der Waals surface area contributed by atoms with Crippen LogP contribution in [0, 0.1) is 0 Å². The van der Waals surface area contributed by atoms with Gasteiger partial charge in [0.25, 0.3) is 0 Å². The highest BCUT2D eigenvalue weighted by Crippen LogP contribution is 2.25. The summed E-state index contributed by atoms with van der Waals surface area (Å²) in [6.45, 7) is 8.59. The molecular formula is C19H25N3O4S. The lowest BCUT2D eigenvalue weighted by Gasteiger charge is -2.26. The third-order valence-corrected chi connectivity index (χ3v) is 4.49. The summed E-state index contributed by atoms with van der Waals surface area (Å²) in [5.74, 6) is 0.169. The molecule has 0 bridgehead atoms. The number of ether oxygens (including phenoxy) is 2. The van der Waals surface area contributed by atoms with Crippen LogP contribution in [0.2, 0.25) is 0 Å². The van der Waals surface area contributed by atoms with Crippen molar-refractivity contribution in [3.63, 3.8) is 0 Å². The zero-order valence-electron chi connectivity index (χ0n) is 16.0. The minimum absolute atomic E-state index is 0.0563. The second-order valence-electron chi connectivity index (χ2n) is 5.93. The fourth-order valence-corrected chi connectivity index (χ4v) is 3.12. The van der Waals surface area contributed by atoms with Gasteiger partial charge in [0.2, 0.25) is 0 Å². The number of aromatic nitrogens is 1. The smallest absolute Gasteiger partial charge is 0.357 e. The van der Waals surface area contributed by atoms with Crippen LogP contribution < -0.4 is 10.1 Å². The number of nitrogens with one attached hydrogen (secondary N) is 1. The first-order chi connectivity index (χ1) is 13.0. The maximum absolute atomic E-state index is 12.8. The Kier molecular flexibility index (Phi) is 7.60. The molecule has 2 rings (SSSR count). The molecule has 1 aromatic heterocycles. The van der Waals surface area contributed by atoms with E-state index in [1.165, 1.54) is 11.3 Å². The van der Waals surface area contributed by atoms with Crippen LogP contribution in [0.25, 0.3) is 0 Å². The summed E-state index contributed by atoms with van der Waals surface area (Å²) in [4.78, 5) is 30.5. The average molecular weight is 391 g/mol. The Morgan fingerprint density at radius 1 is 1.22 bits per heavy atom. The van der Waals surface area contributed by atoms with Crippen LogP contribution in [0.1, 0.15) is 43.2 Å². The minimum atomic E-state index is -0.453. The van der Waals surface area contributed by atoms with E-state index in [1.807, 2.05) is 39.0 Å². The average Bonchev–Trinajstić information content (AvgIpc) is 3.10. The van der Waals surface area contributed by atoms with Gasteiger partial charge in [-0.2, -0.15) is 0 Å². The number of urea groups is 1. The quantitative estimate of drug-likeness (QED) is 0.684. The molecule has 0 saturated carbocycles. The first kappa shape index (κ1) is 20.7. The van der Waals surface area contributed by atoms with Crippen molar-refractivity contribution in [2.24, 2.45) is 0 Å². The fourth-order valence-electron chi connectivity index (χ4n) is 2.36. The lowest BCUT2D eigenvalue weighted by molar-refractivity contribution is 0.0520. The van der Waals surface area contributed by atoms with Gasteiger partial charge < -0.3 is 19.7 Å². The summed E-state index contributed by atoms with van der Waals surface area (Å²) in [5.41, 5.74) is 0.879. The summed E-state index contributed by atoms with van der Waals surface area (Å²) in [6.07, 6.45) is 0. The molecule has 1 N–H and O–H groups in total. The lowest BCUT2D eigenvalue weighted by atomic mass is 10.3. The predicted molar refractivity (Wildman–Crippen MR) is 105 cm³/mol. The number of carbonyl (C=O) groups is 2. The molecule has 1 aromatic carbocycles. The number of nitrogens with zero attached hydrogens (tertiary/aromatic N) is 2. The summed E-state index contributed by atoms with van der Waals surface area (Å²) in [6, 6.07) is 6.98. The van der Waals surface area contributed by atoms with Crippen molar-refractivity contribution in [1.29, 1.82) is 0 Å². The Labute approximate surface area is 163 Å². The number of hydrogen-bond acceptors (Lipinski definition) is 6. The number of hydrogen-bond donors (Lipinski definition) is 1. The van der Waals surface area contributed by atoms with Gasteiger partial charge in [-0.25, -0.2) is 14.6 Å². The maximum Gasteiger partial charge on any atom is 0.357 e. The van der Waals surface area contributed by atoms with E-state index in [-0.39, 0.29) is 17.8 Å². The number of para-hydroxylation sites is 2. The van der Waals surface area contributed by atoms with Crippen molar-refractivity contribution in [3.8, 4) is 5.75 Å². The van der Waals surface area contributed by atoms with Gasteiger partial charge in [-0.1, -0.05) is 12.1 Å². The minimum Gasteiger partial charge on any atom is -0.492 e. The molecule has 0 spiro atoms. The zero-order valence-corrected chi connectivity index (χ0v) is 16.8. The number of carbonyl (C=O) groups excluding carboxylic acids is 2. The molecule has 7 nitrogen and oxygen atoms in total. The summed E-state index contributed by atoms with van der Waals surface area (Å²) in [5, 5.41) is 5.21. The molecule has 0 aliphatic heterocycles. The molecule has 27 heavy (non-hydrogen) atoms. The molecule has 8 heteroatoms. The van der Waals surface area contributed by atoms with Gasteiger partial charge in [0.05, 0.1) is 25.4 Å². The Morgan fingerprint density at radius 2 is 1.96 bits per heavy atom. The standard InChI is InChI=1S/C19H25N3O4S/c1-5-25-16-10-8-7-9-14(16)21-19(24)22(13(3)4)11-17-20-15(12-27-17)18(23)26-6-2/h7-10,12-13H,5-6,11H2,1-4H3,(H,21,24).